The van der Waals surface area contributed by atoms with Gasteiger partial charge in [0.15, 0.2) is 0 Å². The molecule has 0 atom stereocenters. The van der Waals surface area contributed by atoms with Crippen molar-refractivity contribution in [3.8, 4) is 11.8 Å². The Balaban J connectivity index is 1.90. The fraction of sp³-hybridized carbons (Fsp3) is 0.0625. The van der Waals surface area contributed by atoms with E-state index in [9.17, 15) is 9.59 Å². The van der Waals surface area contributed by atoms with Crippen LogP contribution in [0.3, 0.4) is 0 Å². The molecule has 2 aromatic rings. The smallest absolute Gasteiger partial charge is 0.354 e. The van der Waals surface area contributed by atoms with Gasteiger partial charge < -0.3 is 10.4 Å². The highest BCUT2D eigenvalue weighted by molar-refractivity contribution is 5.94. The lowest BCUT2D eigenvalue weighted by atomic mass is 10.2. The number of amides is 1. The molecule has 0 saturated heterocycles. The van der Waals surface area contributed by atoms with Crippen molar-refractivity contribution in [2.24, 2.45) is 0 Å². The number of rotatable bonds is 3. The Hall–Kier alpha value is -3.13. The number of aromatic nitrogens is 1. The van der Waals surface area contributed by atoms with Crippen molar-refractivity contribution in [2.75, 3.05) is 0 Å². The summed E-state index contributed by atoms with van der Waals surface area (Å²) in [5, 5.41) is 11.3. The maximum Gasteiger partial charge on any atom is 0.354 e. The predicted molar refractivity (Wildman–Crippen MR) is 76.4 cm³/mol. The first-order valence-corrected chi connectivity index (χ1v) is 6.18. The van der Waals surface area contributed by atoms with Gasteiger partial charge in [-0.2, -0.15) is 0 Å². The van der Waals surface area contributed by atoms with Crippen LogP contribution in [0.25, 0.3) is 0 Å². The number of carbonyl (C=O) groups is 2. The topological polar surface area (TPSA) is 79.3 Å². The molecule has 0 unspecified atom stereocenters. The van der Waals surface area contributed by atoms with Gasteiger partial charge in [0.25, 0.3) is 5.91 Å². The van der Waals surface area contributed by atoms with Gasteiger partial charge in [0.1, 0.15) is 5.69 Å². The van der Waals surface area contributed by atoms with Crippen LogP contribution < -0.4 is 5.32 Å². The second-order valence-corrected chi connectivity index (χ2v) is 4.16. The van der Waals surface area contributed by atoms with Gasteiger partial charge in [0, 0.05) is 24.2 Å². The molecular weight excluding hydrogens is 268 g/mol. The highest BCUT2D eigenvalue weighted by Crippen LogP contribution is 2.00. The minimum Gasteiger partial charge on any atom is -0.477 e. The number of benzene rings is 1. The molecule has 0 bridgehead atoms. The Kier molecular flexibility index (Phi) is 4.67. The monoisotopic (exact) mass is 280 g/mol. The van der Waals surface area contributed by atoms with Crippen LogP contribution in [0, 0.1) is 11.8 Å². The normalized spacial score (nSPS) is 9.33. The number of pyridine rings is 1. The van der Waals surface area contributed by atoms with Gasteiger partial charge in [0.2, 0.25) is 0 Å². The summed E-state index contributed by atoms with van der Waals surface area (Å²) < 4.78 is 0. The number of nitrogens with one attached hydrogen (secondary N) is 1. The van der Waals surface area contributed by atoms with Crippen molar-refractivity contribution >= 4 is 11.9 Å². The minimum absolute atomic E-state index is 0.0334. The summed E-state index contributed by atoms with van der Waals surface area (Å²) in [5.74, 6) is 3.75. The molecule has 104 valence electrons. The van der Waals surface area contributed by atoms with Gasteiger partial charge in [-0.1, -0.05) is 30.2 Å². The van der Waals surface area contributed by atoms with Crippen molar-refractivity contribution in [2.45, 2.75) is 6.54 Å². The molecule has 0 aliphatic rings. The molecule has 0 spiro atoms. The molecule has 21 heavy (non-hydrogen) atoms. The first-order chi connectivity index (χ1) is 10.1. The number of carboxylic acid groups (broad SMARTS) is 1. The van der Waals surface area contributed by atoms with E-state index in [1.54, 1.807) is 6.07 Å². The molecule has 1 amide bonds. The van der Waals surface area contributed by atoms with E-state index in [1.165, 1.54) is 12.3 Å². The van der Waals surface area contributed by atoms with E-state index in [4.69, 9.17) is 5.11 Å². The van der Waals surface area contributed by atoms with Crippen LogP contribution in [0.15, 0.2) is 48.7 Å². The molecule has 2 rings (SSSR count). The van der Waals surface area contributed by atoms with Crippen LogP contribution >= 0.6 is 0 Å². The third kappa shape index (κ3) is 4.48. The summed E-state index contributed by atoms with van der Waals surface area (Å²) in [5.41, 5.74) is 1.43. The molecule has 1 heterocycles. The number of carboxylic acids is 1. The van der Waals surface area contributed by atoms with Gasteiger partial charge >= 0.3 is 5.97 Å². The summed E-state index contributed by atoms with van der Waals surface area (Å²) >= 11 is 0. The Bertz CT molecular complexity index is 698. The van der Waals surface area contributed by atoms with E-state index in [0.717, 1.165) is 5.56 Å². The highest BCUT2D eigenvalue weighted by atomic mass is 16.4. The van der Waals surface area contributed by atoms with Crippen molar-refractivity contribution in [1.29, 1.82) is 0 Å². The average Bonchev–Trinajstić information content (AvgIpc) is 2.52. The number of nitrogens with zero attached hydrogens (tertiary/aromatic N) is 1. The Morgan fingerprint density at radius 3 is 2.52 bits per heavy atom. The standard InChI is InChI=1S/C16H12N2O3/c19-15(9-7-12-4-2-1-3-5-12)18-11-13-6-8-14(16(20)21)17-10-13/h1-6,8,10H,11H2,(H,18,19)(H,20,21). The van der Waals surface area contributed by atoms with Gasteiger partial charge in [0.05, 0.1) is 0 Å². The summed E-state index contributed by atoms with van der Waals surface area (Å²) in [6.07, 6.45) is 1.41. The molecule has 0 radical (unpaired) electrons. The third-order valence-corrected chi connectivity index (χ3v) is 2.59. The van der Waals surface area contributed by atoms with E-state index in [1.807, 2.05) is 30.3 Å². The SMILES string of the molecule is O=C(C#Cc1ccccc1)NCc1ccc(C(=O)O)nc1. The quantitative estimate of drug-likeness (QED) is 0.834. The van der Waals surface area contributed by atoms with Crippen molar-refractivity contribution in [3.63, 3.8) is 0 Å². The van der Waals surface area contributed by atoms with E-state index >= 15 is 0 Å². The van der Waals surface area contributed by atoms with Crippen LogP contribution in [-0.2, 0) is 11.3 Å². The first-order valence-electron chi connectivity index (χ1n) is 6.18. The molecule has 1 aromatic carbocycles. The molecule has 5 nitrogen and oxygen atoms in total. The molecule has 0 fully saturated rings. The zero-order chi connectivity index (χ0) is 15.1. The summed E-state index contributed by atoms with van der Waals surface area (Å²) in [6.45, 7) is 0.245. The summed E-state index contributed by atoms with van der Waals surface area (Å²) in [4.78, 5) is 26.0. The average molecular weight is 280 g/mol. The van der Waals surface area contributed by atoms with Crippen molar-refractivity contribution in [3.05, 3.63) is 65.5 Å². The molecule has 1 aromatic heterocycles. The largest absolute Gasteiger partial charge is 0.477 e. The molecule has 2 N–H and O–H groups in total. The summed E-state index contributed by atoms with van der Waals surface area (Å²) in [7, 11) is 0. The third-order valence-electron chi connectivity index (χ3n) is 2.59. The second kappa shape index (κ2) is 6.87. The van der Waals surface area contributed by atoms with E-state index in [2.05, 4.69) is 22.1 Å². The van der Waals surface area contributed by atoms with E-state index in [-0.39, 0.29) is 12.2 Å². The number of aromatic carboxylic acids is 1. The van der Waals surface area contributed by atoms with Gasteiger partial charge in [-0.05, 0) is 23.8 Å². The van der Waals surface area contributed by atoms with E-state index in [0.29, 0.717) is 5.56 Å². The van der Waals surface area contributed by atoms with Crippen LogP contribution in [0.1, 0.15) is 21.6 Å². The fourth-order valence-corrected chi connectivity index (χ4v) is 1.53. The molecule has 0 aliphatic carbocycles. The van der Waals surface area contributed by atoms with Gasteiger partial charge in [-0.25, -0.2) is 9.78 Å². The predicted octanol–water partition coefficient (Wildman–Crippen LogP) is 1.45. The van der Waals surface area contributed by atoms with Crippen LogP contribution in [0.2, 0.25) is 0 Å². The lowest BCUT2D eigenvalue weighted by molar-refractivity contribution is -0.115. The zero-order valence-electron chi connectivity index (χ0n) is 11.0. The number of hydrogen-bond acceptors (Lipinski definition) is 3. The second-order valence-electron chi connectivity index (χ2n) is 4.16. The molecule has 5 heteroatoms. The van der Waals surface area contributed by atoms with Crippen molar-refractivity contribution in [1.82, 2.24) is 10.3 Å². The first kappa shape index (κ1) is 14.3. The fourth-order valence-electron chi connectivity index (χ4n) is 1.53. The maximum absolute atomic E-state index is 11.6. The number of carbonyl (C=O) groups excluding carboxylic acids is 1. The van der Waals surface area contributed by atoms with Crippen LogP contribution in [-0.4, -0.2) is 22.0 Å². The lowest BCUT2D eigenvalue weighted by Gasteiger charge is -2.01. The lowest BCUT2D eigenvalue weighted by Crippen LogP contribution is -2.21. The van der Waals surface area contributed by atoms with Gasteiger partial charge in [-0.3, -0.25) is 4.79 Å². The molecule has 0 saturated carbocycles. The molecular formula is C16H12N2O3. The highest BCUT2D eigenvalue weighted by Gasteiger charge is 2.03. The number of hydrogen-bond donors (Lipinski definition) is 2. The zero-order valence-corrected chi connectivity index (χ0v) is 11.0. The minimum atomic E-state index is -1.08. The summed E-state index contributed by atoms with van der Waals surface area (Å²) in [6, 6.07) is 12.2. The maximum atomic E-state index is 11.6. The Labute approximate surface area is 121 Å². The Morgan fingerprint density at radius 1 is 1.14 bits per heavy atom. The van der Waals surface area contributed by atoms with Gasteiger partial charge in [-0.15, -0.1) is 0 Å². The van der Waals surface area contributed by atoms with Crippen LogP contribution in [0.4, 0.5) is 0 Å². The Morgan fingerprint density at radius 2 is 1.90 bits per heavy atom. The van der Waals surface area contributed by atoms with Crippen molar-refractivity contribution < 1.29 is 14.7 Å². The van der Waals surface area contributed by atoms with Crippen LogP contribution in [0.5, 0.6) is 0 Å². The van der Waals surface area contributed by atoms with E-state index < -0.39 is 11.9 Å². The molecule has 0 aliphatic heterocycles.